The summed E-state index contributed by atoms with van der Waals surface area (Å²) in [5.74, 6) is -0.267. The highest BCUT2D eigenvalue weighted by Gasteiger charge is 2.04. The minimum Gasteiger partial charge on any atom is -0.322 e. The first-order valence-corrected chi connectivity index (χ1v) is 7.30. The Morgan fingerprint density at radius 3 is 2.38 bits per heavy atom. The lowest BCUT2D eigenvalue weighted by Gasteiger charge is -2.06. The van der Waals surface area contributed by atoms with Crippen LogP contribution in [0.3, 0.4) is 0 Å². The highest BCUT2D eigenvalue weighted by molar-refractivity contribution is 6.37. The first-order valence-electron chi connectivity index (χ1n) is 6.16. The molecule has 0 aromatic heterocycles. The van der Waals surface area contributed by atoms with Gasteiger partial charge in [0.1, 0.15) is 0 Å². The van der Waals surface area contributed by atoms with E-state index < -0.39 is 0 Å². The number of carbonyl (C=O) groups excluding carboxylic acids is 1. The summed E-state index contributed by atoms with van der Waals surface area (Å²) in [6.45, 7) is 1.87. The zero-order valence-electron chi connectivity index (χ0n) is 11.2. The third-order valence-electron chi connectivity index (χ3n) is 2.85. The topological polar surface area (TPSA) is 29.1 Å². The smallest absolute Gasteiger partial charge is 0.248 e. The largest absolute Gasteiger partial charge is 0.322 e. The molecule has 21 heavy (non-hydrogen) atoms. The summed E-state index contributed by atoms with van der Waals surface area (Å²) in [6, 6.07) is 10.4. The molecular weight excluding hydrogens is 329 g/mol. The Morgan fingerprint density at radius 2 is 1.76 bits per heavy atom. The van der Waals surface area contributed by atoms with E-state index >= 15 is 0 Å². The fourth-order valence-electron chi connectivity index (χ4n) is 1.77. The molecule has 1 amide bonds. The van der Waals surface area contributed by atoms with Gasteiger partial charge < -0.3 is 5.32 Å². The molecule has 0 unspecified atom stereocenters. The van der Waals surface area contributed by atoms with Crippen molar-refractivity contribution >= 4 is 52.5 Å². The molecule has 2 aromatic carbocycles. The second kappa shape index (κ2) is 6.99. The van der Waals surface area contributed by atoms with Crippen LogP contribution in [0.25, 0.3) is 6.08 Å². The quantitative estimate of drug-likeness (QED) is 0.723. The fourth-order valence-corrected chi connectivity index (χ4v) is 2.52. The average molecular weight is 341 g/mol. The molecule has 0 spiro atoms. The Labute approximate surface area is 138 Å². The van der Waals surface area contributed by atoms with Crippen LogP contribution in [-0.4, -0.2) is 5.91 Å². The lowest BCUT2D eigenvalue weighted by atomic mass is 10.2. The number of hydrogen-bond donors (Lipinski definition) is 1. The first kappa shape index (κ1) is 15.9. The monoisotopic (exact) mass is 339 g/mol. The maximum atomic E-state index is 11.9. The van der Waals surface area contributed by atoms with Crippen molar-refractivity contribution in [3.8, 4) is 0 Å². The van der Waals surface area contributed by atoms with Gasteiger partial charge >= 0.3 is 0 Å². The number of amides is 1. The summed E-state index contributed by atoms with van der Waals surface area (Å²) < 4.78 is 0. The van der Waals surface area contributed by atoms with Crippen molar-refractivity contribution in [3.05, 3.63) is 68.7 Å². The van der Waals surface area contributed by atoms with Crippen molar-refractivity contribution in [1.29, 1.82) is 0 Å². The molecule has 0 aliphatic carbocycles. The standard InChI is InChI=1S/C16H12Cl3NO/c1-10-9-11(17)5-7-15(10)20-16(21)8-6-12-13(18)3-2-4-14(12)19/h2-9H,1H3,(H,20,21)/b8-6+. The third kappa shape index (κ3) is 4.24. The number of carbonyl (C=O) groups is 1. The molecule has 1 N–H and O–H groups in total. The molecule has 0 fully saturated rings. The lowest BCUT2D eigenvalue weighted by Crippen LogP contribution is -2.08. The zero-order chi connectivity index (χ0) is 15.4. The minimum atomic E-state index is -0.267. The van der Waals surface area contributed by atoms with E-state index in [0.717, 1.165) is 5.56 Å². The predicted octanol–water partition coefficient (Wildman–Crippen LogP) is 5.61. The Hall–Kier alpha value is -1.48. The maximum absolute atomic E-state index is 11.9. The number of nitrogens with one attached hydrogen (secondary N) is 1. The van der Waals surface area contributed by atoms with Crippen molar-refractivity contribution < 1.29 is 4.79 Å². The second-order valence-corrected chi connectivity index (χ2v) is 5.67. The van der Waals surface area contributed by atoms with E-state index in [2.05, 4.69) is 5.32 Å². The Kier molecular flexibility index (Phi) is 5.29. The van der Waals surface area contributed by atoms with E-state index in [1.165, 1.54) is 6.08 Å². The highest BCUT2D eigenvalue weighted by Crippen LogP contribution is 2.25. The van der Waals surface area contributed by atoms with E-state index in [4.69, 9.17) is 34.8 Å². The number of hydrogen-bond acceptors (Lipinski definition) is 1. The molecule has 5 heteroatoms. The van der Waals surface area contributed by atoms with Gasteiger partial charge in [0.2, 0.25) is 5.91 Å². The number of anilines is 1. The molecule has 2 rings (SSSR count). The van der Waals surface area contributed by atoms with Gasteiger partial charge in [0.25, 0.3) is 0 Å². The van der Waals surface area contributed by atoms with Gasteiger partial charge in [-0.25, -0.2) is 0 Å². The normalized spacial score (nSPS) is 10.9. The molecule has 2 nitrogen and oxygen atoms in total. The minimum absolute atomic E-state index is 0.267. The molecule has 2 aromatic rings. The Morgan fingerprint density at radius 1 is 1.10 bits per heavy atom. The van der Waals surface area contributed by atoms with Crippen LogP contribution in [0, 0.1) is 6.92 Å². The number of benzene rings is 2. The number of rotatable bonds is 3. The molecule has 0 aliphatic rings. The molecule has 0 heterocycles. The average Bonchev–Trinajstić information content (AvgIpc) is 2.41. The van der Waals surface area contributed by atoms with Gasteiger partial charge in [-0.1, -0.05) is 40.9 Å². The van der Waals surface area contributed by atoms with E-state index in [0.29, 0.717) is 26.3 Å². The van der Waals surface area contributed by atoms with Gasteiger partial charge in [-0.05, 0) is 48.9 Å². The van der Waals surface area contributed by atoms with Crippen molar-refractivity contribution in [3.63, 3.8) is 0 Å². The van der Waals surface area contributed by atoms with Crippen molar-refractivity contribution in [2.75, 3.05) is 5.32 Å². The van der Waals surface area contributed by atoms with Crippen molar-refractivity contribution in [1.82, 2.24) is 0 Å². The number of aryl methyl sites for hydroxylation is 1. The van der Waals surface area contributed by atoms with Crippen LogP contribution in [-0.2, 0) is 4.79 Å². The van der Waals surface area contributed by atoms with Gasteiger partial charge in [0, 0.05) is 32.4 Å². The Bertz CT molecular complexity index is 690. The summed E-state index contributed by atoms with van der Waals surface area (Å²) in [7, 11) is 0. The van der Waals surface area contributed by atoms with Crippen LogP contribution in [0.15, 0.2) is 42.5 Å². The Balaban J connectivity index is 2.13. The summed E-state index contributed by atoms with van der Waals surface area (Å²) in [5, 5.41) is 4.39. The molecular formula is C16H12Cl3NO. The summed E-state index contributed by atoms with van der Waals surface area (Å²) >= 11 is 17.9. The third-order valence-corrected chi connectivity index (χ3v) is 3.74. The van der Waals surface area contributed by atoms with E-state index in [9.17, 15) is 4.79 Å². The van der Waals surface area contributed by atoms with Gasteiger partial charge in [0.15, 0.2) is 0 Å². The van der Waals surface area contributed by atoms with Crippen LogP contribution < -0.4 is 5.32 Å². The van der Waals surface area contributed by atoms with Crippen LogP contribution in [0.1, 0.15) is 11.1 Å². The van der Waals surface area contributed by atoms with Crippen molar-refractivity contribution in [2.45, 2.75) is 6.92 Å². The van der Waals surface area contributed by atoms with E-state index in [1.54, 1.807) is 42.5 Å². The van der Waals surface area contributed by atoms with Gasteiger partial charge in [0.05, 0.1) is 0 Å². The molecule has 0 atom stereocenters. The van der Waals surface area contributed by atoms with E-state index in [-0.39, 0.29) is 5.91 Å². The molecule has 108 valence electrons. The predicted molar refractivity (Wildman–Crippen MR) is 90.3 cm³/mol. The molecule has 0 radical (unpaired) electrons. The zero-order valence-corrected chi connectivity index (χ0v) is 13.4. The van der Waals surface area contributed by atoms with Crippen molar-refractivity contribution in [2.24, 2.45) is 0 Å². The van der Waals surface area contributed by atoms with Crippen LogP contribution in [0.4, 0.5) is 5.69 Å². The van der Waals surface area contributed by atoms with Gasteiger partial charge in [-0.2, -0.15) is 0 Å². The summed E-state index contributed by atoms with van der Waals surface area (Å²) in [4.78, 5) is 11.9. The number of halogens is 3. The van der Waals surface area contributed by atoms with Crippen LogP contribution >= 0.6 is 34.8 Å². The molecule has 0 saturated carbocycles. The van der Waals surface area contributed by atoms with Gasteiger partial charge in [-0.15, -0.1) is 0 Å². The van der Waals surface area contributed by atoms with E-state index in [1.807, 2.05) is 6.92 Å². The van der Waals surface area contributed by atoms with Gasteiger partial charge in [-0.3, -0.25) is 4.79 Å². The van der Waals surface area contributed by atoms with Crippen LogP contribution in [0.5, 0.6) is 0 Å². The first-order chi connectivity index (χ1) is 9.97. The highest BCUT2D eigenvalue weighted by atomic mass is 35.5. The second-order valence-electron chi connectivity index (χ2n) is 4.42. The summed E-state index contributed by atoms with van der Waals surface area (Å²) in [5.41, 5.74) is 2.21. The maximum Gasteiger partial charge on any atom is 0.248 e. The SMILES string of the molecule is Cc1cc(Cl)ccc1NC(=O)/C=C/c1c(Cl)cccc1Cl. The summed E-state index contributed by atoms with van der Waals surface area (Å²) in [6.07, 6.45) is 2.98. The van der Waals surface area contributed by atoms with Crippen LogP contribution in [0.2, 0.25) is 15.1 Å². The fraction of sp³-hybridized carbons (Fsp3) is 0.0625. The molecule has 0 bridgehead atoms. The molecule has 0 saturated heterocycles. The lowest BCUT2D eigenvalue weighted by molar-refractivity contribution is -0.111. The molecule has 0 aliphatic heterocycles.